The Kier molecular flexibility index (Phi) is 3.47. The first kappa shape index (κ1) is 13.2. The highest BCUT2D eigenvalue weighted by Gasteiger charge is 2.47. The van der Waals surface area contributed by atoms with Crippen LogP contribution in [0.15, 0.2) is 4.99 Å². The smallest absolute Gasteiger partial charge is 0.254 e. The van der Waals surface area contributed by atoms with E-state index in [0.717, 1.165) is 37.9 Å². The number of hydrogen-bond acceptors (Lipinski definition) is 5. The number of nitrogens with one attached hydrogen (secondary N) is 1. The zero-order chi connectivity index (χ0) is 13.5. The lowest BCUT2D eigenvalue weighted by Crippen LogP contribution is -2.51. The number of likely N-dealkylation sites (tertiary alicyclic amines) is 1. The Bertz CT molecular complexity index is 395. The largest absolute Gasteiger partial charge is 0.349 e. The molecule has 3 aliphatic heterocycles. The van der Waals surface area contributed by atoms with E-state index >= 15 is 0 Å². The maximum absolute atomic E-state index is 12.2. The van der Waals surface area contributed by atoms with Gasteiger partial charge >= 0.3 is 0 Å². The summed E-state index contributed by atoms with van der Waals surface area (Å²) in [6.07, 6.45) is 3.02. The Labute approximate surface area is 118 Å². The number of nitrogens with zero attached hydrogens (tertiary/aromatic N) is 3. The summed E-state index contributed by atoms with van der Waals surface area (Å²) in [6.45, 7) is 2.01. The van der Waals surface area contributed by atoms with E-state index in [1.54, 1.807) is 0 Å². The molecule has 0 bridgehead atoms. The molecule has 0 aromatic rings. The molecule has 1 unspecified atom stereocenters. The van der Waals surface area contributed by atoms with Gasteiger partial charge in [-0.05, 0) is 25.0 Å². The highest BCUT2D eigenvalue weighted by atomic mass is 32.2. The van der Waals surface area contributed by atoms with Gasteiger partial charge in [0.25, 0.3) is 5.91 Å². The molecule has 1 spiro atoms. The first-order chi connectivity index (χ1) is 9.11. The Morgan fingerprint density at radius 1 is 1.42 bits per heavy atom. The lowest BCUT2D eigenvalue weighted by Gasteiger charge is -2.38. The molecular formula is C13H22N4OS. The van der Waals surface area contributed by atoms with Crippen LogP contribution in [0.1, 0.15) is 19.3 Å². The molecule has 6 heteroatoms. The molecule has 0 aromatic carbocycles. The van der Waals surface area contributed by atoms with Crippen LogP contribution < -0.4 is 5.32 Å². The van der Waals surface area contributed by atoms with Crippen LogP contribution in [0, 0.1) is 0 Å². The van der Waals surface area contributed by atoms with Crippen LogP contribution in [0.5, 0.6) is 0 Å². The number of carbonyl (C=O) groups is 1. The van der Waals surface area contributed by atoms with Gasteiger partial charge in [0.1, 0.15) is 5.54 Å². The summed E-state index contributed by atoms with van der Waals surface area (Å²) in [5, 5.41) is 2.91. The molecule has 3 aliphatic rings. The van der Waals surface area contributed by atoms with E-state index in [1.807, 2.05) is 30.8 Å². The van der Waals surface area contributed by atoms with Crippen molar-refractivity contribution in [2.24, 2.45) is 4.99 Å². The number of rotatable bonds is 1. The van der Waals surface area contributed by atoms with E-state index in [1.165, 1.54) is 17.9 Å². The van der Waals surface area contributed by atoms with Crippen molar-refractivity contribution in [3.05, 3.63) is 0 Å². The molecule has 19 heavy (non-hydrogen) atoms. The fourth-order valence-electron chi connectivity index (χ4n) is 3.12. The summed E-state index contributed by atoms with van der Waals surface area (Å²) in [5.74, 6) is 3.35. The lowest BCUT2D eigenvalue weighted by molar-refractivity contribution is -0.125. The minimum Gasteiger partial charge on any atom is -0.349 e. The number of carbonyl (C=O) groups excluding carboxylic acids is 1. The fourth-order valence-corrected chi connectivity index (χ4v) is 4.37. The van der Waals surface area contributed by atoms with E-state index < -0.39 is 5.54 Å². The molecule has 0 radical (unpaired) electrons. The van der Waals surface area contributed by atoms with Gasteiger partial charge in [0, 0.05) is 39.0 Å². The van der Waals surface area contributed by atoms with E-state index in [2.05, 4.69) is 15.2 Å². The van der Waals surface area contributed by atoms with Crippen molar-refractivity contribution in [2.45, 2.75) is 30.8 Å². The van der Waals surface area contributed by atoms with Crippen molar-refractivity contribution in [1.29, 1.82) is 0 Å². The summed E-state index contributed by atoms with van der Waals surface area (Å²) in [4.78, 5) is 21.3. The summed E-state index contributed by atoms with van der Waals surface area (Å²) < 4.78 is 0. The van der Waals surface area contributed by atoms with Crippen LogP contribution in [-0.2, 0) is 4.79 Å². The zero-order valence-corrected chi connectivity index (χ0v) is 12.5. The first-order valence-corrected chi connectivity index (χ1v) is 8.17. The van der Waals surface area contributed by atoms with Gasteiger partial charge in [0.05, 0.1) is 0 Å². The van der Waals surface area contributed by atoms with Crippen LogP contribution in [-0.4, -0.2) is 71.9 Å². The normalized spacial score (nSPS) is 30.5. The van der Waals surface area contributed by atoms with Gasteiger partial charge in [-0.15, -0.1) is 0 Å². The second kappa shape index (κ2) is 4.98. The second-order valence-corrected chi connectivity index (χ2v) is 7.02. The molecule has 2 fully saturated rings. The Hall–Kier alpha value is -0.750. The summed E-state index contributed by atoms with van der Waals surface area (Å²) in [5.41, 5.74) is -0.484. The van der Waals surface area contributed by atoms with E-state index in [9.17, 15) is 4.79 Å². The van der Waals surface area contributed by atoms with Crippen molar-refractivity contribution in [3.63, 3.8) is 0 Å². The first-order valence-electron chi connectivity index (χ1n) is 7.01. The molecule has 3 heterocycles. The van der Waals surface area contributed by atoms with Crippen LogP contribution >= 0.6 is 11.8 Å². The number of thioether (sulfide) groups is 1. The lowest BCUT2D eigenvalue weighted by atomic mass is 9.87. The average molecular weight is 282 g/mol. The quantitative estimate of drug-likeness (QED) is 0.755. The van der Waals surface area contributed by atoms with Gasteiger partial charge in [-0.25, -0.2) is 4.99 Å². The Balaban J connectivity index is 1.67. The molecule has 3 rings (SSSR count). The van der Waals surface area contributed by atoms with Gasteiger partial charge in [-0.2, -0.15) is 11.8 Å². The van der Waals surface area contributed by atoms with Crippen molar-refractivity contribution in [2.75, 3.05) is 38.7 Å². The third-order valence-electron chi connectivity index (χ3n) is 4.44. The molecule has 1 amide bonds. The second-order valence-electron chi connectivity index (χ2n) is 5.87. The molecule has 106 valence electrons. The minimum absolute atomic E-state index is 0.0941. The number of piperidine rings is 1. The SMILES string of the molecule is CN(C)C1=NC2(CCN(C3CCSC3)CC2)C(=O)N1. The molecule has 1 atom stereocenters. The number of aliphatic imine (C=N–C) groups is 1. The van der Waals surface area contributed by atoms with E-state index in [4.69, 9.17) is 0 Å². The monoisotopic (exact) mass is 282 g/mol. The van der Waals surface area contributed by atoms with Crippen molar-refractivity contribution in [1.82, 2.24) is 15.1 Å². The molecule has 1 N–H and O–H groups in total. The summed E-state index contributed by atoms with van der Waals surface area (Å²) in [6, 6.07) is 0.726. The van der Waals surface area contributed by atoms with Crippen molar-refractivity contribution in [3.8, 4) is 0 Å². The van der Waals surface area contributed by atoms with Crippen molar-refractivity contribution < 1.29 is 4.79 Å². The van der Waals surface area contributed by atoms with Gasteiger partial charge < -0.3 is 4.90 Å². The maximum atomic E-state index is 12.2. The third kappa shape index (κ3) is 2.36. The third-order valence-corrected chi connectivity index (χ3v) is 5.58. The maximum Gasteiger partial charge on any atom is 0.254 e. The fraction of sp³-hybridized carbons (Fsp3) is 0.846. The van der Waals surface area contributed by atoms with Gasteiger partial charge in [0.15, 0.2) is 0 Å². The Morgan fingerprint density at radius 3 is 2.68 bits per heavy atom. The zero-order valence-electron chi connectivity index (χ0n) is 11.7. The van der Waals surface area contributed by atoms with Crippen LogP contribution in [0.2, 0.25) is 0 Å². The summed E-state index contributed by atoms with van der Waals surface area (Å²) >= 11 is 2.05. The number of guanidine groups is 1. The molecular weight excluding hydrogens is 260 g/mol. The van der Waals surface area contributed by atoms with Crippen LogP contribution in [0.25, 0.3) is 0 Å². The van der Waals surface area contributed by atoms with Gasteiger partial charge in [0.2, 0.25) is 5.96 Å². The van der Waals surface area contributed by atoms with Gasteiger partial charge in [-0.3, -0.25) is 15.0 Å². The number of hydrogen-bond donors (Lipinski definition) is 1. The highest BCUT2D eigenvalue weighted by Crippen LogP contribution is 2.33. The Morgan fingerprint density at radius 2 is 2.16 bits per heavy atom. The molecule has 0 aromatic heterocycles. The molecule has 0 aliphatic carbocycles. The highest BCUT2D eigenvalue weighted by molar-refractivity contribution is 7.99. The number of amides is 1. The standard InChI is InChI=1S/C13H22N4OS/c1-16(2)12-14-11(18)13(15-12)4-6-17(7-5-13)10-3-8-19-9-10/h10H,3-9H2,1-2H3,(H,14,15,18). The molecule has 0 saturated carbocycles. The van der Waals surface area contributed by atoms with Crippen molar-refractivity contribution >= 4 is 23.6 Å². The predicted octanol–water partition coefficient (Wildman–Crippen LogP) is 0.374. The minimum atomic E-state index is -0.484. The average Bonchev–Trinajstić information content (AvgIpc) is 3.01. The predicted molar refractivity (Wildman–Crippen MR) is 78.5 cm³/mol. The molecule has 2 saturated heterocycles. The van der Waals surface area contributed by atoms with Gasteiger partial charge in [-0.1, -0.05) is 0 Å². The van der Waals surface area contributed by atoms with E-state index in [0.29, 0.717) is 0 Å². The summed E-state index contributed by atoms with van der Waals surface area (Å²) in [7, 11) is 3.84. The topological polar surface area (TPSA) is 47.9 Å². The van der Waals surface area contributed by atoms with E-state index in [-0.39, 0.29) is 5.91 Å². The van der Waals surface area contributed by atoms with Crippen LogP contribution in [0.4, 0.5) is 0 Å². The van der Waals surface area contributed by atoms with Crippen LogP contribution in [0.3, 0.4) is 0 Å². The molecule has 5 nitrogen and oxygen atoms in total.